The lowest BCUT2D eigenvalue weighted by Gasteiger charge is -2.34. The zero-order chi connectivity index (χ0) is 37.7. The molecule has 3 N–H and O–H groups in total. The van der Waals surface area contributed by atoms with Gasteiger partial charge in [-0.1, -0.05) is 70.9 Å². The number of esters is 1. The number of piperidine rings is 1. The Morgan fingerprint density at radius 2 is 1.78 bits per heavy atom. The smallest absolute Gasteiger partial charge is 0.306 e. The first-order valence-corrected chi connectivity index (χ1v) is 19.0. The molecule has 3 rings (SSSR count). The number of carbonyl (C=O) groups is 5. The molecule has 0 aliphatic carbocycles. The third-order valence-electron chi connectivity index (χ3n) is 9.79. The van der Waals surface area contributed by atoms with E-state index in [0.717, 1.165) is 37.8 Å². The number of carboxylic acids is 1. The van der Waals surface area contributed by atoms with E-state index in [1.165, 1.54) is 18.3 Å². The van der Waals surface area contributed by atoms with Crippen LogP contribution in [-0.4, -0.2) is 94.9 Å². The molecule has 0 saturated carbocycles. The Labute approximate surface area is 306 Å². The van der Waals surface area contributed by atoms with Crippen molar-refractivity contribution in [1.82, 2.24) is 25.4 Å². The predicted molar refractivity (Wildman–Crippen MR) is 197 cm³/mol. The van der Waals surface area contributed by atoms with Crippen LogP contribution in [0, 0.1) is 17.8 Å². The number of amides is 3. The molecule has 7 atom stereocenters. The van der Waals surface area contributed by atoms with Gasteiger partial charge < -0.3 is 25.4 Å². The average Bonchev–Trinajstić information content (AvgIpc) is 3.59. The van der Waals surface area contributed by atoms with E-state index < -0.39 is 42.0 Å². The highest BCUT2D eigenvalue weighted by Gasteiger charge is 2.34. The molecule has 51 heavy (non-hydrogen) atoms. The number of hydrogen-bond donors (Lipinski definition) is 3. The number of carboxylic acid groups (broad SMARTS) is 1. The van der Waals surface area contributed by atoms with Gasteiger partial charge in [0.1, 0.15) is 16.7 Å². The summed E-state index contributed by atoms with van der Waals surface area (Å²) in [4.78, 5) is 72.1. The summed E-state index contributed by atoms with van der Waals surface area (Å²) in [6.45, 7) is 10.3. The van der Waals surface area contributed by atoms with Crippen molar-refractivity contribution in [3.63, 3.8) is 0 Å². The Morgan fingerprint density at radius 1 is 1.08 bits per heavy atom. The maximum absolute atomic E-state index is 13.7. The minimum absolute atomic E-state index is 0.0347. The molecule has 2 heterocycles. The lowest BCUT2D eigenvalue weighted by molar-refractivity contribution is -0.147. The molecule has 13 heteroatoms. The minimum Gasteiger partial charge on any atom is -0.481 e. The number of rotatable bonds is 19. The average molecular weight is 728 g/mol. The Hall–Kier alpha value is -3.84. The van der Waals surface area contributed by atoms with Gasteiger partial charge in [0.05, 0.1) is 12.0 Å². The van der Waals surface area contributed by atoms with E-state index in [4.69, 9.17) is 4.74 Å². The zero-order valence-corrected chi connectivity index (χ0v) is 32.0. The Morgan fingerprint density at radius 3 is 2.41 bits per heavy atom. The van der Waals surface area contributed by atoms with Gasteiger partial charge in [-0.05, 0) is 69.5 Å². The van der Waals surface area contributed by atoms with Gasteiger partial charge >= 0.3 is 11.9 Å². The fourth-order valence-electron chi connectivity index (χ4n) is 6.51. The standard InChI is InChI=1S/C38H57N5O7S/c1-8-25(3)33(41-35(46)31-16-12-13-19-42(31)6)37(47)43(7)22-24(2)17-18-32(50-27(5)44)36-40-30(23-51-36)34(45)39-29(20-26(4)38(48)49)21-28-14-10-9-11-15-28/h9-11,14-15,23-26,29,31-33H,8,12-13,16-22H2,1-7H3,(H,39,45)(H,41,46)(H,48,49)/t24?,25-,26-,29+,31+,32+,33-/m0/s1. The van der Waals surface area contributed by atoms with Crippen molar-refractivity contribution in [2.24, 2.45) is 17.8 Å². The van der Waals surface area contributed by atoms with Crippen LogP contribution in [0.25, 0.3) is 0 Å². The summed E-state index contributed by atoms with van der Waals surface area (Å²) in [7, 11) is 3.71. The molecule has 12 nitrogen and oxygen atoms in total. The van der Waals surface area contributed by atoms with Crippen molar-refractivity contribution in [2.75, 3.05) is 27.2 Å². The largest absolute Gasteiger partial charge is 0.481 e. The topological polar surface area (TPSA) is 158 Å². The molecule has 0 spiro atoms. The molecule has 1 fully saturated rings. The number of aliphatic carboxylic acids is 1. The summed E-state index contributed by atoms with van der Waals surface area (Å²) in [6.07, 6.45) is 4.67. The second kappa shape index (κ2) is 20.3. The number of likely N-dealkylation sites (tertiary alicyclic amines) is 1. The van der Waals surface area contributed by atoms with E-state index in [1.54, 1.807) is 24.3 Å². The number of ether oxygens (including phenoxy) is 1. The summed E-state index contributed by atoms with van der Waals surface area (Å²) < 4.78 is 5.65. The molecule has 1 aromatic carbocycles. The third kappa shape index (κ3) is 13.0. The predicted octanol–water partition coefficient (Wildman–Crippen LogP) is 5.09. The first kappa shape index (κ1) is 41.6. The lowest BCUT2D eigenvalue weighted by Crippen LogP contribution is -2.56. The van der Waals surface area contributed by atoms with Gasteiger partial charge in [-0.2, -0.15) is 0 Å². The van der Waals surface area contributed by atoms with Crippen LogP contribution in [0.4, 0.5) is 0 Å². The normalized spacial score (nSPS) is 18.4. The van der Waals surface area contributed by atoms with Crippen molar-refractivity contribution in [3.05, 3.63) is 52.0 Å². The number of carbonyl (C=O) groups excluding carboxylic acids is 4. The minimum atomic E-state index is -0.933. The molecule has 1 aliphatic rings. The molecule has 1 aliphatic heterocycles. The molecule has 1 saturated heterocycles. The summed E-state index contributed by atoms with van der Waals surface area (Å²) in [5, 5.41) is 17.6. The molecule has 282 valence electrons. The van der Waals surface area contributed by atoms with Crippen molar-refractivity contribution >= 4 is 41.0 Å². The van der Waals surface area contributed by atoms with Crippen molar-refractivity contribution in [1.29, 1.82) is 0 Å². The van der Waals surface area contributed by atoms with Crippen molar-refractivity contribution in [3.8, 4) is 0 Å². The number of nitrogens with zero attached hydrogens (tertiary/aromatic N) is 3. The molecule has 0 radical (unpaired) electrons. The number of aromatic nitrogens is 1. The summed E-state index contributed by atoms with van der Waals surface area (Å²) in [6, 6.07) is 8.28. The fraction of sp³-hybridized carbons (Fsp3) is 0.632. The van der Waals surface area contributed by atoms with Gasteiger partial charge in [0.15, 0.2) is 6.10 Å². The van der Waals surface area contributed by atoms with Gasteiger partial charge in [-0.15, -0.1) is 11.3 Å². The summed E-state index contributed by atoms with van der Waals surface area (Å²) in [5.41, 5.74) is 1.15. The second-order valence-corrected chi connectivity index (χ2v) is 15.2. The van der Waals surface area contributed by atoms with Crippen LogP contribution in [0.1, 0.15) is 107 Å². The van der Waals surface area contributed by atoms with Crippen LogP contribution in [0.2, 0.25) is 0 Å². The third-order valence-corrected chi connectivity index (χ3v) is 10.7. The molecular formula is C38H57N5O7S. The second-order valence-electron chi connectivity index (χ2n) is 14.3. The van der Waals surface area contributed by atoms with E-state index in [-0.39, 0.29) is 41.8 Å². The molecule has 1 unspecified atom stereocenters. The number of likely N-dealkylation sites (N-methyl/N-ethyl adjacent to an activating group) is 2. The van der Waals surface area contributed by atoms with Gasteiger partial charge in [-0.3, -0.25) is 28.9 Å². The lowest BCUT2D eigenvalue weighted by atomic mass is 9.95. The van der Waals surface area contributed by atoms with Gasteiger partial charge in [-0.25, -0.2) is 4.98 Å². The Kier molecular flexibility index (Phi) is 16.5. The van der Waals surface area contributed by atoms with E-state index >= 15 is 0 Å². The van der Waals surface area contributed by atoms with Gasteiger partial charge in [0.2, 0.25) is 11.8 Å². The molecule has 3 amide bonds. The molecule has 2 aromatic rings. The molecule has 0 bridgehead atoms. The van der Waals surface area contributed by atoms with Gasteiger partial charge in [0.25, 0.3) is 5.91 Å². The van der Waals surface area contributed by atoms with E-state index in [1.807, 2.05) is 58.2 Å². The van der Waals surface area contributed by atoms with E-state index in [0.29, 0.717) is 30.8 Å². The highest BCUT2D eigenvalue weighted by Crippen LogP contribution is 2.29. The number of benzene rings is 1. The van der Waals surface area contributed by atoms with E-state index in [9.17, 15) is 29.1 Å². The van der Waals surface area contributed by atoms with Crippen LogP contribution in [-0.2, 0) is 30.3 Å². The highest BCUT2D eigenvalue weighted by atomic mass is 32.1. The zero-order valence-electron chi connectivity index (χ0n) is 31.2. The quantitative estimate of drug-likeness (QED) is 0.168. The van der Waals surface area contributed by atoms with Crippen LogP contribution in [0.5, 0.6) is 0 Å². The van der Waals surface area contributed by atoms with Crippen LogP contribution in [0.3, 0.4) is 0 Å². The maximum Gasteiger partial charge on any atom is 0.306 e. The maximum atomic E-state index is 13.7. The Balaban J connectivity index is 1.63. The highest BCUT2D eigenvalue weighted by molar-refractivity contribution is 7.09. The first-order valence-electron chi connectivity index (χ1n) is 18.2. The number of nitrogens with one attached hydrogen (secondary N) is 2. The van der Waals surface area contributed by atoms with E-state index in [2.05, 4.69) is 20.5 Å². The van der Waals surface area contributed by atoms with Crippen molar-refractivity contribution in [2.45, 2.75) is 110 Å². The van der Waals surface area contributed by atoms with Crippen LogP contribution >= 0.6 is 11.3 Å². The first-order chi connectivity index (χ1) is 24.2. The van der Waals surface area contributed by atoms with Crippen LogP contribution in [0.15, 0.2) is 35.7 Å². The fourth-order valence-corrected chi connectivity index (χ4v) is 7.37. The summed E-state index contributed by atoms with van der Waals surface area (Å²) in [5.74, 6) is -2.71. The Bertz CT molecular complexity index is 1450. The molecular weight excluding hydrogens is 671 g/mol. The number of thiazole rings is 1. The van der Waals surface area contributed by atoms with Crippen molar-refractivity contribution < 1.29 is 33.8 Å². The number of hydrogen-bond acceptors (Lipinski definition) is 9. The molecule has 1 aromatic heterocycles. The SMILES string of the molecule is CC[C@H](C)[C@H](NC(=O)[C@H]1CCCCN1C)C(=O)N(C)CC(C)CC[C@@H](OC(C)=O)c1nc(C(=O)N[C@@H](Cc2ccccc2)C[C@H](C)C(=O)O)cs1. The monoisotopic (exact) mass is 727 g/mol. The van der Waals surface area contributed by atoms with Gasteiger partial charge in [0, 0.05) is 31.9 Å². The van der Waals surface area contributed by atoms with Crippen LogP contribution < -0.4 is 10.6 Å². The summed E-state index contributed by atoms with van der Waals surface area (Å²) >= 11 is 1.22.